The van der Waals surface area contributed by atoms with E-state index in [1.54, 1.807) is 19.0 Å². The van der Waals surface area contributed by atoms with Crippen molar-refractivity contribution >= 4 is 17.5 Å². The van der Waals surface area contributed by atoms with Crippen molar-refractivity contribution in [1.82, 2.24) is 14.9 Å². The number of aryl methyl sites for hydroxylation is 1. The molecule has 0 aromatic carbocycles. The molecule has 21 heavy (non-hydrogen) atoms. The second-order valence-corrected chi connectivity index (χ2v) is 5.34. The molecule has 0 aliphatic heterocycles. The first-order valence-electron chi connectivity index (χ1n) is 7.49. The van der Waals surface area contributed by atoms with Crippen LogP contribution in [0.2, 0.25) is 0 Å². The molecule has 118 valence electrons. The number of carbonyl (C=O) groups excluding carboxylic acids is 1. The molecule has 0 bridgehead atoms. The average molecular weight is 293 g/mol. The third-order valence-electron chi connectivity index (χ3n) is 3.22. The highest BCUT2D eigenvalue weighted by atomic mass is 16.2. The van der Waals surface area contributed by atoms with E-state index in [0.29, 0.717) is 0 Å². The van der Waals surface area contributed by atoms with Crippen LogP contribution >= 0.6 is 0 Å². The maximum Gasteiger partial charge on any atom is 0.244 e. The zero-order chi connectivity index (χ0) is 16.0. The van der Waals surface area contributed by atoms with E-state index in [2.05, 4.69) is 27.5 Å². The SMILES string of the molecule is CCCNc1nc(CC)nc(NC(C)C(=O)N(C)C)c1C. The molecule has 1 aromatic rings. The van der Waals surface area contributed by atoms with Crippen LogP contribution in [0.5, 0.6) is 0 Å². The normalized spacial score (nSPS) is 11.9. The second-order valence-electron chi connectivity index (χ2n) is 5.34. The Kier molecular flexibility index (Phi) is 6.39. The molecule has 0 saturated heterocycles. The van der Waals surface area contributed by atoms with Gasteiger partial charge in [0, 0.05) is 32.6 Å². The van der Waals surface area contributed by atoms with Crippen LogP contribution in [0.3, 0.4) is 0 Å². The molecule has 1 heterocycles. The van der Waals surface area contributed by atoms with Crippen molar-refractivity contribution in [3.63, 3.8) is 0 Å². The Bertz CT molecular complexity index is 487. The number of hydrogen-bond donors (Lipinski definition) is 2. The molecule has 0 aliphatic carbocycles. The smallest absolute Gasteiger partial charge is 0.244 e. The van der Waals surface area contributed by atoms with Crippen molar-refractivity contribution in [2.24, 2.45) is 0 Å². The summed E-state index contributed by atoms with van der Waals surface area (Å²) < 4.78 is 0. The minimum absolute atomic E-state index is 0.0223. The van der Waals surface area contributed by atoms with Gasteiger partial charge in [-0.3, -0.25) is 4.79 Å². The van der Waals surface area contributed by atoms with Crippen LogP contribution in [0.25, 0.3) is 0 Å². The van der Waals surface area contributed by atoms with Crippen molar-refractivity contribution < 1.29 is 4.79 Å². The van der Waals surface area contributed by atoms with Crippen LogP contribution < -0.4 is 10.6 Å². The van der Waals surface area contributed by atoms with E-state index in [1.165, 1.54) is 0 Å². The molecule has 0 saturated carbocycles. The van der Waals surface area contributed by atoms with Gasteiger partial charge in [-0.2, -0.15) is 0 Å². The molecule has 0 spiro atoms. The summed E-state index contributed by atoms with van der Waals surface area (Å²) >= 11 is 0. The van der Waals surface area contributed by atoms with Crippen LogP contribution in [0.15, 0.2) is 0 Å². The zero-order valence-corrected chi connectivity index (χ0v) is 13.9. The lowest BCUT2D eigenvalue weighted by Gasteiger charge is -2.21. The number of carbonyl (C=O) groups is 1. The van der Waals surface area contributed by atoms with Crippen LogP contribution in [-0.2, 0) is 11.2 Å². The number of rotatable bonds is 7. The van der Waals surface area contributed by atoms with Crippen molar-refractivity contribution in [3.8, 4) is 0 Å². The van der Waals surface area contributed by atoms with Crippen LogP contribution in [0, 0.1) is 6.92 Å². The lowest BCUT2D eigenvalue weighted by Crippen LogP contribution is -2.37. The van der Waals surface area contributed by atoms with Gasteiger partial charge in [-0.15, -0.1) is 0 Å². The Morgan fingerprint density at radius 3 is 2.38 bits per heavy atom. The topological polar surface area (TPSA) is 70.1 Å². The summed E-state index contributed by atoms with van der Waals surface area (Å²) in [7, 11) is 3.50. The highest BCUT2D eigenvalue weighted by Crippen LogP contribution is 2.21. The van der Waals surface area contributed by atoms with E-state index in [4.69, 9.17) is 0 Å². The summed E-state index contributed by atoms with van der Waals surface area (Å²) in [5.74, 6) is 2.36. The number of nitrogens with one attached hydrogen (secondary N) is 2. The van der Waals surface area contributed by atoms with Crippen molar-refractivity contribution in [2.75, 3.05) is 31.3 Å². The molecule has 6 nitrogen and oxygen atoms in total. The van der Waals surface area contributed by atoms with Gasteiger partial charge in [0.2, 0.25) is 5.91 Å². The maximum absolute atomic E-state index is 12.0. The molecule has 2 N–H and O–H groups in total. The molecule has 0 fully saturated rings. The lowest BCUT2D eigenvalue weighted by atomic mass is 10.2. The minimum Gasteiger partial charge on any atom is -0.370 e. The third-order valence-corrected chi connectivity index (χ3v) is 3.22. The van der Waals surface area contributed by atoms with Gasteiger partial charge in [0.05, 0.1) is 0 Å². The summed E-state index contributed by atoms with van der Waals surface area (Å²) in [4.78, 5) is 22.6. The lowest BCUT2D eigenvalue weighted by molar-refractivity contribution is -0.129. The summed E-state index contributed by atoms with van der Waals surface area (Å²) in [6.07, 6.45) is 1.79. The molecular weight excluding hydrogens is 266 g/mol. The van der Waals surface area contributed by atoms with Gasteiger partial charge in [0.25, 0.3) is 0 Å². The first-order valence-corrected chi connectivity index (χ1v) is 7.49. The number of aromatic nitrogens is 2. The van der Waals surface area contributed by atoms with E-state index >= 15 is 0 Å². The van der Waals surface area contributed by atoms with E-state index in [1.807, 2.05) is 20.8 Å². The summed E-state index contributed by atoms with van der Waals surface area (Å²) in [5.41, 5.74) is 0.944. The molecule has 1 atom stereocenters. The Balaban J connectivity index is 3.02. The van der Waals surface area contributed by atoms with Crippen LogP contribution in [-0.4, -0.2) is 47.5 Å². The quantitative estimate of drug-likeness (QED) is 0.805. The molecule has 6 heteroatoms. The van der Waals surface area contributed by atoms with E-state index in [9.17, 15) is 4.79 Å². The van der Waals surface area contributed by atoms with E-state index in [-0.39, 0.29) is 11.9 Å². The highest BCUT2D eigenvalue weighted by molar-refractivity contribution is 5.84. The number of likely N-dealkylation sites (N-methyl/N-ethyl adjacent to an activating group) is 1. The standard InChI is InChI=1S/C15H27N5O/c1-7-9-16-13-10(3)14(19-12(8-2)18-13)17-11(4)15(21)20(5)6/h11H,7-9H2,1-6H3,(H2,16,17,18,19). The Morgan fingerprint density at radius 1 is 1.24 bits per heavy atom. The number of amides is 1. The van der Waals surface area contributed by atoms with Gasteiger partial charge in [0.15, 0.2) is 0 Å². The third kappa shape index (κ3) is 4.58. The number of anilines is 2. The van der Waals surface area contributed by atoms with E-state index < -0.39 is 0 Å². The zero-order valence-electron chi connectivity index (χ0n) is 13.9. The molecular formula is C15H27N5O. The fraction of sp³-hybridized carbons (Fsp3) is 0.667. The average Bonchev–Trinajstić information content (AvgIpc) is 2.46. The van der Waals surface area contributed by atoms with Gasteiger partial charge in [-0.25, -0.2) is 9.97 Å². The summed E-state index contributed by atoms with van der Waals surface area (Å²) in [5, 5.41) is 6.52. The number of nitrogens with zero attached hydrogens (tertiary/aromatic N) is 3. The van der Waals surface area contributed by atoms with Gasteiger partial charge in [0.1, 0.15) is 23.5 Å². The summed E-state index contributed by atoms with van der Waals surface area (Å²) in [6, 6.07) is -0.322. The first-order chi connectivity index (χ1) is 9.90. The molecule has 0 aliphatic rings. The van der Waals surface area contributed by atoms with E-state index in [0.717, 1.165) is 42.4 Å². The van der Waals surface area contributed by atoms with Gasteiger partial charge >= 0.3 is 0 Å². The predicted octanol–water partition coefficient (Wildman–Crippen LogP) is 2.06. The fourth-order valence-electron chi connectivity index (χ4n) is 1.93. The highest BCUT2D eigenvalue weighted by Gasteiger charge is 2.18. The molecule has 1 amide bonds. The molecule has 1 unspecified atom stereocenters. The first kappa shape index (κ1) is 17.2. The predicted molar refractivity (Wildman–Crippen MR) is 86.7 cm³/mol. The molecule has 1 rings (SSSR count). The number of hydrogen-bond acceptors (Lipinski definition) is 5. The summed E-state index contributed by atoms with van der Waals surface area (Å²) in [6.45, 7) is 8.81. The molecule has 1 aromatic heterocycles. The van der Waals surface area contributed by atoms with Crippen LogP contribution in [0.4, 0.5) is 11.6 Å². The van der Waals surface area contributed by atoms with Gasteiger partial charge in [-0.1, -0.05) is 13.8 Å². The van der Waals surface area contributed by atoms with Crippen molar-refractivity contribution in [1.29, 1.82) is 0 Å². The fourth-order valence-corrected chi connectivity index (χ4v) is 1.93. The minimum atomic E-state index is -0.322. The second kappa shape index (κ2) is 7.81. The monoisotopic (exact) mass is 293 g/mol. The Labute approximate surface area is 127 Å². The Morgan fingerprint density at radius 2 is 1.86 bits per heavy atom. The van der Waals surface area contributed by atoms with Crippen molar-refractivity contribution in [2.45, 2.75) is 46.6 Å². The largest absolute Gasteiger partial charge is 0.370 e. The van der Waals surface area contributed by atoms with Gasteiger partial charge in [-0.05, 0) is 20.3 Å². The Hall–Kier alpha value is -1.85. The van der Waals surface area contributed by atoms with Gasteiger partial charge < -0.3 is 15.5 Å². The van der Waals surface area contributed by atoms with Crippen LogP contribution in [0.1, 0.15) is 38.6 Å². The maximum atomic E-state index is 12.0. The van der Waals surface area contributed by atoms with Crippen molar-refractivity contribution in [3.05, 3.63) is 11.4 Å². The molecule has 0 radical (unpaired) electrons.